The van der Waals surface area contributed by atoms with Crippen LogP contribution in [0.15, 0.2) is 6.20 Å². The fraction of sp³-hybridized carbons (Fsp3) is 0.625. The van der Waals surface area contributed by atoms with Gasteiger partial charge >= 0.3 is 6.18 Å². The second kappa shape index (κ2) is 3.27. The highest BCUT2D eigenvalue weighted by Gasteiger charge is 2.34. The van der Waals surface area contributed by atoms with Crippen LogP contribution < -0.4 is 0 Å². The maximum atomic E-state index is 12.0. The summed E-state index contributed by atoms with van der Waals surface area (Å²) in [5.74, 6) is 0. The first-order valence-corrected chi connectivity index (χ1v) is 4.24. The molecular weight excluding hydrogens is 197 g/mol. The molecule has 0 saturated heterocycles. The molecule has 1 unspecified atom stereocenters. The Hall–Kier alpha value is -1.04. The van der Waals surface area contributed by atoms with Crippen LogP contribution in [0, 0.1) is 0 Å². The summed E-state index contributed by atoms with van der Waals surface area (Å²) in [6.07, 6.45) is -3.98. The lowest BCUT2D eigenvalue weighted by atomic mass is 10.0. The lowest BCUT2D eigenvalue weighted by Crippen LogP contribution is -2.27. The third-order valence-corrected chi connectivity index (χ3v) is 2.18. The van der Waals surface area contributed by atoms with Gasteiger partial charge in [-0.05, 0) is 5.56 Å². The number of nitrogens with one attached hydrogen (secondary N) is 1. The minimum Gasteiger partial charge on any atom is -0.371 e. The van der Waals surface area contributed by atoms with Crippen LogP contribution in [0.5, 0.6) is 0 Å². The molecule has 2 heterocycles. The smallest absolute Gasteiger partial charge is 0.371 e. The van der Waals surface area contributed by atoms with Crippen molar-refractivity contribution < 1.29 is 17.9 Å². The maximum absolute atomic E-state index is 12.0. The predicted octanol–water partition coefficient (Wildman–Crippen LogP) is 1.80. The molecule has 1 atom stereocenters. The highest BCUT2D eigenvalue weighted by molar-refractivity contribution is 5.18. The zero-order valence-corrected chi connectivity index (χ0v) is 7.27. The topological polar surface area (TPSA) is 37.9 Å². The van der Waals surface area contributed by atoms with Crippen molar-refractivity contribution >= 4 is 0 Å². The van der Waals surface area contributed by atoms with Crippen molar-refractivity contribution in [2.75, 3.05) is 0 Å². The van der Waals surface area contributed by atoms with E-state index in [1.54, 1.807) is 6.20 Å². The molecular formula is C8H9F3N2O. The number of hydrogen-bond donors (Lipinski definition) is 1. The Labute approximate surface area is 78.3 Å². The lowest BCUT2D eigenvalue weighted by Gasteiger charge is -2.23. The van der Waals surface area contributed by atoms with Crippen molar-refractivity contribution in [2.45, 2.75) is 31.7 Å². The summed E-state index contributed by atoms with van der Waals surface area (Å²) >= 11 is 0. The molecule has 2 rings (SSSR count). The van der Waals surface area contributed by atoms with E-state index in [0.29, 0.717) is 0 Å². The van der Waals surface area contributed by atoms with Gasteiger partial charge in [-0.25, -0.2) is 0 Å². The summed E-state index contributed by atoms with van der Waals surface area (Å²) in [5, 5.41) is 6.43. The number of H-pyrrole nitrogens is 1. The number of fused-ring (bicyclic) bond motifs is 1. The van der Waals surface area contributed by atoms with Crippen molar-refractivity contribution in [1.82, 2.24) is 10.2 Å². The molecule has 0 saturated carbocycles. The molecule has 0 aliphatic carbocycles. The number of rotatable bonds is 1. The minimum atomic E-state index is -4.16. The van der Waals surface area contributed by atoms with Crippen molar-refractivity contribution in [3.05, 3.63) is 17.5 Å². The molecule has 78 valence electrons. The predicted molar refractivity (Wildman–Crippen MR) is 41.5 cm³/mol. The largest absolute Gasteiger partial charge is 0.391 e. The molecule has 0 bridgehead atoms. The van der Waals surface area contributed by atoms with Crippen LogP contribution in [0.3, 0.4) is 0 Å². The van der Waals surface area contributed by atoms with Gasteiger partial charge in [-0.15, -0.1) is 0 Å². The van der Waals surface area contributed by atoms with Gasteiger partial charge in [-0.3, -0.25) is 5.10 Å². The fourth-order valence-electron chi connectivity index (χ4n) is 1.53. The van der Waals surface area contributed by atoms with E-state index in [2.05, 4.69) is 10.2 Å². The van der Waals surface area contributed by atoms with Crippen molar-refractivity contribution in [3.8, 4) is 0 Å². The van der Waals surface area contributed by atoms with Gasteiger partial charge in [0.15, 0.2) is 0 Å². The molecule has 1 aliphatic heterocycles. The van der Waals surface area contributed by atoms with Crippen LogP contribution in [0.1, 0.15) is 17.7 Å². The zero-order chi connectivity index (χ0) is 10.2. The first-order chi connectivity index (χ1) is 6.54. The average Bonchev–Trinajstić information content (AvgIpc) is 2.47. The maximum Gasteiger partial charge on any atom is 0.391 e. The number of halogens is 3. The molecule has 3 nitrogen and oxygen atoms in total. The van der Waals surface area contributed by atoms with Gasteiger partial charge in [-0.1, -0.05) is 0 Å². The summed E-state index contributed by atoms with van der Waals surface area (Å²) in [6.45, 7) is 0.191. The Kier molecular flexibility index (Phi) is 2.22. The molecule has 0 radical (unpaired) electrons. The van der Waals surface area contributed by atoms with Crippen LogP contribution in [0.25, 0.3) is 0 Å². The Morgan fingerprint density at radius 3 is 3.07 bits per heavy atom. The van der Waals surface area contributed by atoms with E-state index in [4.69, 9.17) is 4.74 Å². The number of nitrogens with zero attached hydrogens (tertiary/aromatic N) is 1. The monoisotopic (exact) mass is 206 g/mol. The van der Waals surface area contributed by atoms with Gasteiger partial charge in [-0.2, -0.15) is 18.3 Å². The third kappa shape index (κ3) is 2.06. The summed E-state index contributed by atoms with van der Waals surface area (Å²) in [6, 6.07) is 0. The van der Waals surface area contributed by atoms with Gasteiger partial charge in [0.25, 0.3) is 0 Å². The molecule has 6 heteroatoms. The number of hydrogen-bond acceptors (Lipinski definition) is 2. The molecule has 0 fully saturated rings. The molecule has 1 aromatic heterocycles. The van der Waals surface area contributed by atoms with E-state index in [1.165, 1.54) is 0 Å². The summed E-state index contributed by atoms with van der Waals surface area (Å²) in [7, 11) is 0. The fourth-order valence-corrected chi connectivity index (χ4v) is 1.53. The average molecular weight is 206 g/mol. The molecule has 0 aromatic carbocycles. The van der Waals surface area contributed by atoms with Crippen LogP contribution >= 0.6 is 0 Å². The molecule has 1 aliphatic rings. The van der Waals surface area contributed by atoms with Gasteiger partial charge in [0.2, 0.25) is 0 Å². The van der Waals surface area contributed by atoms with Gasteiger partial charge in [0, 0.05) is 6.42 Å². The third-order valence-electron chi connectivity index (χ3n) is 2.18. The van der Waals surface area contributed by atoms with E-state index in [9.17, 15) is 13.2 Å². The Balaban J connectivity index is 2.01. The van der Waals surface area contributed by atoms with Gasteiger partial charge in [0.05, 0.1) is 31.0 Å². The van der Waals surface area contributed by atoms with Crippen molar-refractivity contribution in [3.63, 3.8) is 0 Å². The van der Waals surface area contributed by atoms with E-state index >= 15 is 0 Å². The Morgan fingerprint density at radius 1 is 1.57 bits per heavy atom. The highest BCUT2D eigenvalue weighted by atomic mass is 19.4. The number of ether oxygens (including phenoxy) is 1. The van der Waals surface area contributed by atoms with Gasteiger partial charge in [0.1, 0.15) is 0 Å². The first kappa shape index (κ1) is 9.51. The number of aromatic nitrogens is 2. The van der Waals surface area contributed by atoms with Crippen molar-refractivity contribution in [1.29, 1.82) is 0 Å². The second-order valence-corrected chi connectivity index (χ2v) is 3.33. The quantitative estimate of drug-likeness (QED) is 0.760. The summed E-state index contributed by atoms with van der Waals surface area (Å²) in [5.41, 5.74) is 1.61. The second-order valence-electron chi connectivity index (χ2n) is 3.33. The lowest BCUT2D eigenvalue weighted by molar-refractivity contribution is -0.163. The standard InChI is InChI=1S/C8H9F3N2O/c9-8(10,11)2-6-1-5-3-12-13-7(5)4-14-6/h3,6H,1-2,4H2,(H,12,13). The summed E-state index contributed by atoms with van der Waals surface area (Å²) < 4.78 is 41.2. The molecule has 0 amide bonds. The van der Waals surface area contributed by atoms with Crippen LogP contribution in [0.2, 0.25) is 0 Å². The van der Waals surface area contributed by atoms with Crippen LogP contribution in [-0.4, -0.2) is 22.5 Å². The Bertz CT molecular complexity index is 321. The van der Waals surface area contributed by atoms with E-state index < -0.39 is 18.7 Å². The molecule has 14 heavy (non-hydrogen) atoms. The minimum absolute atomic E-state index is 0.191. The zero-order valence-electron chi connectivity index (χ0n) is 7.27. The molecule has 0 spiro atoms. The van der Waals surface area contributed by atoms with Crippen molar-refractivity contribution in [2.24, 2.45) is 0 Å². The van der Waals surface area contributed by atoms with Gasteiger partial charge < -0.3 is 4.74 Å². The van der Waals surface area contributed by atoms with Crippen LogP contribution in [0.4, 0.5) is 13.2 Å². The number of alkyl halides is 3. The SMILES string of the molecule is FC(F)(F)CC1Cc2cn[nH]c2CO1. The first-order valence-electron chi connectivity index (χ1n) is 4.24. The highest BCUT2D eigenvalue weighted by Crippen LogP contribution is 2.28. The van der Waals surface area contributed by atoms with E-state index in [1.807, 2.05) is 0 Å². The molecule has 1 aromatic rings. The Morgan fingerprint density at radius 2 is 2.36 bits per heavy atom. The molecule has 1 N–H and O–H groups in total. The van der Waals surface area contributed by atoms with Crippen LogP contribution in [-0.2, 0) is 17.8 Å². The summed E-state index contributed by atoms with van der Waals surface area (Å²) in [4.78, 5) is 0. The van der Waals surface area contributed by atoms with E-state index in [0.717, 1.165) is 11.3 Å². The normalized spacial score (nSPS) is 22.1. The number of aromatic amines is 1. The van der Waals surface area contributed by atoms with E-state index in [-0.39, 0.29) is 13.0 Å².